The quantitative estimate of drug-likeness (QED) is 0.567. The second kappa shape index (κ2) is 2.78. The number of carboxylic acids is 1. The molecule has 1 aromatic carbocycles. The van der Waals surface area contributed by atoms with Gasteiger partial charge in [0, 0.05) is 0 Å². The molecule has 0 aliphatic rings. The lowest BCUT2D eigenvalue weighted by atomic mass is 9.90. The molecule has 0 saturated heterocycles. The van der Waals surface area contributed by atoms with Gasteiger partial charge >= 0.3 is 5.97 Å². The van der Waals surface area contributed by atoms with Crippen LogP contribution in [0.4, 0.5) is 0 Å². The Bertz CT molecular complexity index is 294. The largest absolute Gasteiger partial charge is 0.478 e. The third kappa shape index (κ3) is 1.61. The first-order chi connectivity index (χ1) is 5.11. The molecule has 0 spiro atoms. The molecule has 0 amide bonds. The number of carbonyl (C=O) groups is 1. The molecule has 0 aliphatic carbocycles. The van der Waals surface area contributed by atoms with Crippen molar-refractivity contribution in [2.24, 2.45) is 0 Å². The third-order valence-electron chi connectivity index (χ3n) is 1.75. The maximum Gasteiger partial charge on any atom is 0.335 e. The Morgan fingerprint density at radius 3 is 2.64 bits per heavy atom. The molecule has 56 valence electrons. The monoisotopic (exact) mass is 148 g/mol. The van der Waals surface area contributed by atoms with Crippen LogP contribution in [0.25, 0.3) is 0 Å². The van der Waals surface area contributed by atoms with Crippen LogP contribution in [-0.2, 0) is 0 Å². The zero-order valence-electron chi connectivity index (χ0n) is 6.59. The minimum Gasteiger partial charge on any atom is -0.478 e. The highest BCUT2D eigenvalue weighted by Crippen LogP contribution is 2.00. The summed E-state index contributed by atoms with van der Waals surface area (Å²) in [5, 5.41) is 8.60. The SMILES string of the molecule is Bc1ccc(C(=O)O)cc1C. The molecular formula is C8H9BO2. The summed E-state index contributed by atoms with van der Waals surface area (Å²) in [6, 6.07) is 5.11. The molecular weight excluding hydrogens is 139 g/mol. The molecule has 0 saturated carbocycles. The summed E-state index contributed by atoms with van der Waals surface area (Å²) in [5.41, 5.74) is 2.49. The Morgan fingerprint density at radius 2 is 2.18 bits per heavy atom. The van der Waals surface area contributed by atoms with Gasteiger partial charge in [-0.3, -0.25) is 0 Å². The van der Waals surface area contributed by atoms with E-state index in [0.29, 0.717) is 5.56 Å². The van der Waals surface area contributed by atoms with E-state index in [1.54, 1.807) is 12.1 Å². The van der Waals surface area contributed by atoms with E-state index in [1.165, 1.54) is 0 Å². The molecule has 11 heavy (non-hydrogen) atoms. The molecule has 2 nitrogen and oxygen atoms in total. The highest BCUT2D eigenvalue weighted by molar-refractivity contribution is 6.33. The van der Waals surface area contributed by atoms with Crippen molar-refractivity contribution in [3.63, 3.8) is 0 Å². The van der Waals surface area contributed by atoms with E-state index in [1.807, 2.05) is 20.8 Å². The highest BCUT2D eigenvalue weighted by Gasteiger charge is 2.01. The first kappa shape index (κ1) is 7.86. The van der Waals surface area contributed by atoms with Gasteiger partial charge in [0.1, 0.15) is 7.85 Å². The van der Waals surface area contributed by atoms with Gasteiger partial charge in [0.25, 0.3) is 0 Å². The normalized spacial score (nSPS) is 9.55. The van der Waals surface area contributed by atoms with E-state index in [-0.39, 0.29) is 0 Å². The lowest BCUT2D eigenvalue weighted by molar-refractivity contribution is 0.0697. The van der Waals surface area contributed by atoms with Crippen LogP contribution in [0.5, 0.6) is 0 Å². The molecule has 0 unspecified atom stereocenters. The predicted molar refractivity (Wildman–Crippen MR) is 46.3 cm³/mol. The van der Waals surface area contributed by atoms with E-state index >= 15 is 0 Å². The fraction of sp³-hybridized carbons (Fsp3) is 0.125. The lowest BCUT2D eigenvalue weighted by Crippen LogP contribution is -2.08. The van der Waals surface area contributed by atoms with Crippen LogP contribution >= 0.6 is 0 Å². The molecule has 0 aliphatic heterocycles. The third-order valence-corrected chi connectivity index (χ3v) is 1.75. The van der Waals surface area contributed by atoms with Crippen molar-refractivity contribution in [2.45, 2.75) is 6.92 Å². The summed E-state index contributed by atoms with van der Waals surface area (Å²) in [6.45, 7) is 1.90. The van der Waals surface area contributed by atoms with Crippen molar-refractivity contribution in [2.75, 3.05) is 0 Å². The Labute approximate surface area is 66.3 Å². The summed E-state index contributed by atoms with van der Waals surface area (Å²) in [6.07, 6.45) is 0. The summed E-state index contributed by atoms with van der Waals surface area (Å²) in [7, 11) is 1.96. The van der Waals surface area contributed by atoms with Gasteiger partial charge < -0.3 is 5.11 Å². The number of rotatable bonds is 1. The maximum absolute atomic E-state index is 10.5. The van der Waals surface area contributed by atoms with Gasteiger partial charge in [0.05, 0.1) is 5.56 Å². The topological polar surface area (TPSA) is 37.3 Å². The highest BCUT2D eigenvalue weighted by atomic mass is 16.4. The van der Waals surface area contributed by atoms with E-state index in [0.717, 1.165) is 11.0 Å². The number of carboxylic acid groups (broad SMARTS) is 1. The van der Waals surface area contributed by atoms with Crippen molar-refractivity contribution >= 4 is 19.3 Å². The van der Waals surface area contributed by atoms with Crippen molar-refractivity contribution < 1.29 is 9.90 Å². The minimum atomic E-state index is -0.867. The smallest absolute Gasteiger partial charge is 0.335 e. The van der Waals surface area contributed by atoms with Crippen LogP contribution in [0.1, 0.15) is 15.9 Å². The molecule has 0 fully saturated rings. The maximum atomic E-state index is 10.5. The Kier molecular flexibility index (Phi) is 1.99. The lowest BCUT2D eigenvalue weighted by Gasteiger charge is -1.99. The van der Waals surface area contributed by atoms with Crippen LogP contribution in [0.2, 0.25) is 0 Å². The number of aromatic carboxylic acids is 1. The number of benzene rings is 1. The fourth-order valence-electron chi connectivity index (χ4n) is 0.874. The van der Waals surface area contributed by atoms with E-state index < -0.39 is 5.97 Å². The van der Waals surface area contributed by atoms with Crippen LogP contribution in [0, 0.1) is 6.92 Å². The Morgan fingerprint density at radius 1 is 1.55 bits per heavy atom. The van der Waals surface area contributed by atoms with Gasteiger partial charge in [-0.2, -0.15) is 0 Å². The van der Waals surface area contributed by atoms with Crippen molar-refractivity contribution in [1.29, 1.82) is 0 Å². The van der Waals surface area contributed by atoms with E-state index in [9.17, 15) is 4.79 Å². The molecule has 1 rings (SSSR count). The van der Waals surface area contributed by atoms with Gasteiger partial charge in [-0.05, 0) is 19.1 Å². The second-order valence-electron chi connectivity index (χ2n) is 2.60. The first-order valence-electron chi connectivity index (χ1n) is 3.42. The van der Waals surface area contributed by atoms with Gasteiger partial charge in [-0.1, -0.05) is 17.1 Å². The summed E-state index contributed by atoms with van der Waals surface area (Å²) in [5.74, 6) is -0.867. The molecule has 0 heterocycles. The minimum absolute atomic E-state index is 0.355. The van der Waals surface area contributed by atoms with E-state index in [4.69, 9.17) is 5.11 Å². The Hall–Kier alpha value is -1.25. The van der Waals surface area contributed by atoms with Gasteiger partial charge in [0.2, 0.25) is 0 Å². The second-order valence-corrected chi connectivity index (χ2v) is 2.60. The van der Waals surface area contributed by atoms with Crippen LogP contribution in [0.3, 0.4) is 0 Å². The molecule has 1 aromatic rings. The van der Waals surface area contributed by atoms with Gasteiger partial charge in [0.15, 0.2) is 0 Å². The molecule has 3 heteroatoms. The summed E-state index contributed by atoms with van der Waals surface area (Å²) in [4.78, 5) is 10.5. The average Bonchev–Trinajstić information content (AvgIpc) is 1.94. The van der Waals surface area contributed by atoms with Crippen LogP contribution < -0.4 is 5.46 Å². The standard InChI is InChI=1S/C8H9BO2/c1-5-4-6(8(10)11)2-3-7(5)9/h2-4H,9H2,1H3,(H,10,11). The molecule has 0 radical (unpaired) electrons. The van der Waals surface area contributed by atoms with Gasteiger partial charge in [-0.25, -0.2) is 4.79 Å². The molecule has 0 bridgehead atoms. The molecule has 1 N–H and O–H groups in total. The zero-order valence-corrected chi connectivity index (χ0v) is 6.59. The number of hydrogen-bond donors (Lipinski definition) is 1. The van der Waals surface area contributed by atoms with Gasteiger partial charge in [-0.15, -0.1) is 0 Å². The predicted octanol–water partition coefficient (Wildman–Crippen LogP) is -0.0484. The average molecular weight is 148 g/mol. The van der Waals surface area contributed by atoms with Crippen LogP contribution in [-0.4, -0.2) is 18.9 Å². The van der Waals surface area contributed by atoms with Crippen molar-refractivity contribution in [3.8, 4) is 0 Å². The number of hydrogen-bond acceptors (Lipinski definition) is 1. The zero-order chi connectivity index (χ0) is 8.43. The Balaban J connectivity index is 3.15. The molecule has 0 atom stereocenters. The van der Waals surface area contributed by atoms with Crippen LogP contribution in [0.15, 0.2) is 18.2 Å². The van der Waals surface area contributed by atoms with Crippen molar-refractivity contribution in [1.82, 2.24) is 0 Å². The first-order valence-corrected chi connectivity index (χ1v) is 3.42. The summed E-state index contributed by atoms with van der Waals surface area (Å²) < 4.78 is 0. The number of aryl methyl sites for hydroxylation is 1. The summed E-state index contributed by atoms with van der Waals surface area (Å²) >= 11 is 0. The van der Waals surface area contributed by atoms with Crippen molar-refractivity contribution in [3.05, 3.63) is 29.3 Å². The molecule has 0 aromatic heterocycles. The van der Waals surface area contributed by atoms with E-state index in [2.05, 4.69) is 0 Å². The fourth-order valence-corrected chi connectivity index (χ4v) is 0.874.